The van der Waals surface area contributed by atoms with Crippen molar-refractivity contribution in [3.05, 3.63) is 0 Å². The molecule has 3 saturated heterocycles. The third kappa shape index (κ3) is 2.85. The van der Waals surface area contributed by atoms with Crippen molar-refractivity contribution in [3.63, 3.8) is 0 Å². The second-order valence-electron chi connectivity index (χ2n) is 6.38. The van der Waals surface area contributed by atoms with Gasteiger partial charge in [0.2, 0.25) is 11.8 Å². The third-order valence-corrected chi connectivity index (χ3v) is 6.53. The van der Waals surface area contributed by atoms with Crippen molar-refractivity contribution in [1.29, 1.82) is 0 Å². The zero-order valence-corrected chi connectivity index (χ0v) is 14.3. The van der Waals surface area contributed by atoms with Gasteiger partial charge in [0.1, 0.15) is 4.75 Å². The van der Waals surface area contributed by atoms with Crippen molar-refractivity contribution in [1.82, 2.24) is 21.3 Å². The predicted octanol–water partition coefficient (Wildman–Crippen LogP) is -0.714. The van der Waals surface area contributed by atoms with Crippen LogP contribution < -0.4 is 21.3 Å². The first-order chi connectivity index (χ1) is 11.5. The second-order valence-corrected chi connectivity index (χ2v) is 7.73. The molecule has 0 saturated carbocycles. The monoisotopic (exact) mass is 354 g/mol. The summed E-state index contributed by atoms with van der Waals surface area (Å²) in [5.74, 6) is -0.438. The summed E-state index contributed by atoms with van der Waals surface area (Å²) in [5, 5.41) is 10.9. The van der Waals surface area contributed by atoms with E-state index in [2.05, 4.69) is 21.3 Å². The number of hydrogen-bond donors (Lipinski definition) is 4. The van der Waals surface area contributed by atoms with E-state index in [4.69, 9.17) is 0 Å². The fourth-order valence-electron chi connectivity index (χ4n) is 3.64. The van der Waals surface area contributed by atoms with E-state index >= 15 is 0 Å². The molecule has 0 aromatic heterocycles. The van der Waals surface area contributed by atoms with Crippen LogP contribution in [0.15, 0.2) is 0 Å². The van der Waals surface area contributed by atoms with Gasteiger partial charge in [-0.3, -0.25) is 14.4 Å². The molecule has 3 aliphatic heterocycles. The highest BCUT2D eigenvalue weighted by Gasteiger charge is 2.58. The first kappa shape index (κ1) is 17.1. The van der Waals surface area contributed by atoms with Crippen molar-refractivity contribution in [3.8, 4) is 0 Å². The first-order valence-corrected chi connectivity index (χ1v) is 9.29. The maximum absolute atomic E-state index is 13.0. The molecule has 132 valence electrons. The molecule has 3 unspecified atom stereocenters. The minimum absolute atomic E-state index is 0.104. The summed E-state index contributed by atoms with van der Waals surface area (Å²) >= 11 is 1.50. The highest BCUT2D eigenvalue weighted by atomic mass is 32.2. The summed E-state index contributed by atoms with van der Waals surface area (Å²) in [6.07, 6.45) is 2.17. The Morgan fingerprint density at radius 3 is 2.79 bits per heavy atom. The van der Waals surface area contributed by atoms with Gasteiger partial charge in [0.15, 0.2) is 11.8 Å². The Bertz CT molecular complexity index is 584. The van der Waals surface area contributed by atoms with E-state index in [9.17, 15) is 19.2 Å². The standard InChI is InChI=1S/C15H22N4O4S/c1-2-16-12(21)10-9(20)5-3-4-6-15(13(22)18-10)11-8(7-24-15)17-14(23)19-11/h8,10-11H,2-7H2,1H3,(H,16,21)(H,18,22)(H2,17,19,23)/t8?,10?,11?,15-/m0/s1. The van der Waals surface area contributed by atoms with Gasteiger partial charge in [0.25, 0.3) is 0 Å². The largest absolute Gasteiger partial charge is 0.354 e. The van der Waals surface area contributed by atoms with Crippen molar-refractivity contribution in [2.75, 3.05) is 12.3 Å². The lowest BCUT2D eigenvalue weighted by Gasteiger charge is -2.32. The third-order valence-electron chi connectivity index (χ3n) is 4.84. The molecule has 9 heteroatoms. The first-order valence-electron chi connectivity index (χ1n) is 8.30. The van der Waals surface area contributed by atoms with Gasteiger partial charge in [-0.1, -0.05) is 6.42 Å². The maximum atomic E-state index is 13.0. The molecular weight excluding hydrogens is 332 g/mol. The highest BCUT2D eigenvalue weighted by Crippen LogP contribution is 2.44. The Kier molecular flexibility index (Phi) is 4.71. The molecule has 3 heterocycles. The van der Waals surface area contributed by atoms with Gasteiger partial charge in [-0.2, -0.15) is 0 Å². The van der Waals surface area contributed by atoms with Gasteiger partial charge in [-0.05, 0) is 19.8 Å². The minimum Gasteiger partial charge on any atom is -0.354 e. The topological polar surface area (TPSA) is 116 Å². The average Bonchev–Trinajstić information content (AvgIpc) is 3.08. The molecule has 4 atom stereocenters. The quantitative estimate of drug-likeness (QED) is 0.386. The number of fused-ring (bicyclic) bond motifs is 2. The van der Waals surface area contributed by atoms with Crippen LogP contribution in [0.2, 0.25) is 0 Å². The van der Waals surface area contributed by atoms with Crippen LogP contribution in [0.4, 0.5) is 4.79 Å². The zero-order valence-electron chi connectivity index (χ0n) is 13.5. The Hall–Kier alpha value is -1.77. The van der Waals surface area contributed by atoms with E-state index in [1.165, 1.54) is 11.8 Å². The molecule has 0 bridgehead atoms. The van der Waals surface area contributed by atoms with Crippen LogP contribution in [0.1, 0.15) is 32.6 Å². The molecule has 24 heavy (non-hydrogen) atoms. The molecule has 8 nitrogen and oxygen atoms in total. The Labute approximate surface area is 144 Å². The van der Waals surface area contributed by atoms with Crippen LogP contribution >= 0.6 is 11.8 Å². The average molecular weight is 354 g/mol. The van der Waals surface area contributed by atoms with Crippen LogP contribution in [0.25, 0.3) is 0 Å². The number of carbonyl (C=O) groups is 4. The highest BCUT2D eigenvalue weighted by molar-refractivity contribution is 8.01. The van der Waals surface area contributed by atoms with Crippen LogP contribution in [0, 0.1) is 0 Å². The lowest BCUT2D eigenvalue weighted by molar-refractivity contribution is -0.136. The Balaban J connectivity index is 1.86. The molecule has 0 radical (unpaired) electrons. The Morgan fingerprint density at radius 1 is 1.25 bits per heavy atom. The summed E-state index contributed by atoms with van der Waals surface area (Å²) in [5.41, 5.74) is 0. The molecule has 4 amide bonds. The van der Waals surface area contributed by atoms with Crippen LogP contribution in [-0.2, 0) is 14.4 Å². The molecule has 4 N–H and O–H groups in total. The van der Waals surface area contributed by atoms with Gasteiger partial charge in [-0.25, -0.2) is 4.79 Å². The molecule has 3 aliphatic rings. The maximum Gasteiger partial charge on any atom is 0.315 e. The summed E-state index contributed by atoms with van der Waals surface area (Å²) in [7, 11) is 0. The van der Waals surface area contributed by atoms with Crippen LogP contribution in [0.3, 0.4) is 0 Å². The number of urea groups is 1. The lowest BCUT2D eigenvalue weighted by Crippen LogP contribution is -2.60. The minimum atomic E-state index is -1.16. The van der Waals surface area contributed by atoms with Gasteiger partial charge in [0, 0.05) is 18.7 Å². The molecule has 0 aromatic rings. The lowest BCUT2D eigenvalue weighted by atomic mass is 9.89. The number of nitrogens with one attached hydrogen (secondary N) is 4. The van der Waals surface area contributed by atoms with Gasteiger partial charge >= 0.3 is 6.03 Å². The fraction of sp³-hybridized carbons (Fsp3) is 0.733. The molecule has 3 fully saturated rings. The van der Waals surface area contributed by atoms with E-state index in [0.29, 0.717) is 31.6 Å². The molecule has 3 rings (SSSR count). The number of rotatable bonds is 2. The molecule has 1 spiro atoms. The van der Waals surface area contributed by atoms with Crippen molar-refractivity contribution in [2.24, 2.45) is 0 Å². The van der Waals surface area contributed by atoms with Crippen molar-refractivity contribution >= 4 is 35.4 Å². The summed E-state index contributed by atoms with van der Waals surface area (Å²) in [4.78, 5) is 49.1. The van der Waals surface area contributed by atoms with Crippen LogP contribution in [0.5, 0.6) is 0 Å². The summed E-state index contributed by atoms with van der Waals surface area (Å²) in [6, 6.07) is -1.85. The van der Waals surface area contributed by atoms with Crippen LogP contribution in [-0.4, -0.2) is 58.8 Å². The van der Waals surface area contributed by atoms with Gasteiger partial charge in [0.05, 0.1) is 12.1 Å². The normalized spacial score (nSPS) is 36.0. The second kappa shape index (κ2) is 6.62. The van der Waals surface area contributed by atoms with Crippen molar-refractivity contribution < 1.29 is 19.2 Å². The predicted molar refractivity (Wildman–Crippen MR) is 88.5 cm³/mol. The summed E-state index contributed by atoms with van der Waals surface area (Å²) < 4.78 is -0.834. The zero-order chi connectivity index (χ0) is 17.3. The van der Waals surface area contributed by atoms with E-state index in [0.717, 1.165) is 0 Å². The van der Waals surface area contributed by atoms with Gasteiger partial charge < -0.3 is 21.3 Å². The number of amides is 4. The van der Waals surface area contributed by atoms with E-state index in [-0.39, 0.29) is 36.2 Å². The smallest absolute Gasteiger partial charge is 0.315 e. The van der Waals surface area contributed by atoms with Crippen molar-refractivity contribution in [2.45, 2.75) is 55.5 Å². The molecule has 0 aliphatic carbocycles. The number of carbonyl (C=O) groups excluding carboxylic acids is 4. The molecule has 0 aromatic carbocycles. The SMILES string of the molecule is CCNC(=O)C1NC(=O)[C@@]2(CCCCC1=O)SCC1NC(=O)NC12. The number of Topliss-reactive ketones (excluding diaryl/α,β-unsaturated/α-hetero) is 1. The Morgan fingerprint density at radius 2 is 2.04 bits per heavy atom. The number of likely N-dealkylation sites (N-methyl/N-ethyl adjacent to an activating group) is 1. The van der Waals surface area contributed by atoms with Gasteiger partial charge in [-0.15, -0.1) is 11.8 Å². The van der Waals surface area contributed by atoms with E-state index in [1.807, 2.05) is 0 Å². The fourth-order valence-corrected chi connectivity index (χ4v) is 5.28. The number of ketones is 1. The number of hydrogen-bond acceptors (Lipinski definition) is 5. The van der Waals surface area contributed by atoms with E-state index in [1.54, 1.807) is 6.92 Å². The molecular formula is C15H22N4O4S. The summed E-state index contributed by atoms with van der Waals surface area (Å²) in [6.45, 7) is 2.15. The number of thioether (sulfide) groups is 1. The van der Waals surface area contributed by atoms with E-state index < -0.39 is 16.7 Å².